The number of nitrogens with zero attached hydrogens (tertiary/aromatic N) is 3. The van der Waals surface area contributed by atoms with Crippen molar-refractivity contribution in [3.63, 3.8) is 0 Å². The molecule has 1 amide bonds. The van der Waals surface area contributed by atoms with Crippen LogP contribution in [-0.4, -0.2) is 81.6 Å². The van der Waals surface area contributed by atoms with Crippen molar-refractivity contribution in [1.29, 1.82) is 0 Å². The number of hydrogen-bond donors (Lipinski definition) is 0. The van der Waals surface area contributed by atoms with E-state index in [4.69, 9.17) is 0 Å². The maximum Gasteiger partial charge on any atom is 0.219 e. The lowest BCUT2D eigenvalue weighted by Crippen LogP contribution is -2.42. The van der Waals surface area contributed by atoms with E-state index >= 15 is 0 Å². The summed E-state index contributed by atoms with van der Waals surface area (Å²) in [7, 11) is 10.5. The normalized spacial score (nSPS) is 11.9. The highest BCUT2D eigenvalue weighted by Gasteiger charge is 2.09. The number of carbonyl (C=O) groups is 1. The number of amides is 1. The maximum absolute atomic E-state index is 11.0. The number of likely N-dealkylation sites (N-methyl/N-ethyl adjacent to an activating group) is 3. The fourth-order valence-corrected chi connectivity index (χ4v) is 1.06. The molecule has 0 N–H and O–H groups in total. The molecule has 0 saturated carbocycles. The average Bonchev–Trinajstić information content (AvgIpc) is 2.09. The molecule has 0 aliphatic carbocycles. The van der Waals surface area contributed by atoms with Crippen LogP contribution in [0, 0.1) is 0 Å². The van der Waals surface area contributed by atoms with Gasteiger partial charge >= 0.3 is 0 Å². The Hall–Kier alpha value is -0.610. The van der Waals surface area contributed by atoms with Crippen molar-refractivity contribution in [2.75, 3.05) is 61.4 Å². The van der Waals surface area contributed by atoms with E-state index < -0.39 is 0 Å². The molecule has 0 aromatic rings. The average molecular weight is 216 g/mol. The zero-order chi connectivity index (χ0) is 12.1. The SMILES string of the molecule is CC(=O)N(C)CCN(C)CC[N+](C)(C)C. The Morgan fingerprint density at radius 3 is 2.00 bits per heavy atom. The molecule has 0 aromatic carbocycles. The van der Waals surface area contributed by atoms with Gasteiger partial charge in [0.1, 0.15) is 0 Å². The van der Waals surface area contributed by atoms with Gasteiger partial charge in [-0.15, -0.1) is 0 Å². The first-order valence-electron chi connectivity index (χ1n) is 5.43. The highest BCUT2D eigenvalue weighted by Crippen LogP contribution is 1.92. The summed E-state index contributed by atoms with van der Waals surface area (Å²) in [4.78, 5) is 15.0. The summed E-state index contributed by atoms with van der Waals surface area (Å²) in [5.74, 6) is 0.134. The zero-order valence-corrected chi connectivity index (χ0v) is 11.1. The zero-order valence-electron chi connectivity index (χ0n) is 11.1. The maximum atomic E-state index is 11.0. The number of carbonyl (C=O) groups excluding carboxylic acids is 1. The Kier molecular flexibility index (Phi) is 5.83. The van der Waals surface area contributed by atoms with Crippen LogP contribution in [0.4, 0.5) is 0 Å². The van der Waals surface area contributed by atoms with Gasteiger partial charge in [-0.1, -0.05) is 0 Å². The van der Waals surface area contributed by atoms with E-state index in [0.29, 0.717) is 0 Å². The fraction of sp³-hybridized carbons (Fsp3) is 0.909. The summed E-state index contributed by atoms with van der Waals surface area (Å²) in [5, 5.41) is 0. The lowest BCUT2D eigenvalue weighted by molar-refractivity contribution is -0.869. The third-order valence-corrected chi connectivity index (χ3v) is 2.51. The highest BCUT2D eigenvalue weighted by molar-refractivity contribution is 5.72. The lowest BCUT2D eigenvalue weighted by Gasteiger charge is -2.27. The van der Waals surface area contributed by atoms with Gasteiger partial charge in [-0.05, 0) is 7.05 Å². The van der Waals surface area contributed by atoms with Crippen molar-refractivity contribution in [2.45, 2.75) is 6.92 Å². The van der Waals surface area contributed by atoms with Crippen molar-refractivity contribution in [1.82, 2.24) is 9.80 Å². The van der Waals surface area contributed by atoms with Crippen LogP contribution in [-0.2, 0) is 4.79 Å². The van der Waals surface area contributed by atoms with E-state index in [1.54, 1.807) is 11.8 Å². The van der Waals surface area contributed by atoms with Crippen molar-refractivity contribution in [3.05, 3.63) is 0 Å². The highest BCUT2D eigenvalue weighted by atomic mass is 16.2. The second-order valence-electron chi connectivity index (χ2n) is 5.26. The molecule has 0 saturated heterocycles. The van der Waals surface area contributed by atoms with Gasteiger partial charge in [-0.25, -0.2) is 0 Å². The van der Waals surface area contributed by atoms with Gasteiger partial charge in [0.2, 0.25) is 5.91 Å². The molecular weight excluding hydrogens is 190 g/mol. The van der Waals surface area contributed by atoms with Gasteiger partial charge in [0.15, 0.2) is 0 Å². The molecule has 4 heteroatoms. The molecule has 90 valence electrons. The molecule has 0 rings (SSSR count). The molecule has 0 radical (unpaired) electrons. The second kappa shape index (κ2) is 6.08. The quantitative estimate of drug-likeness (QED) is 0.588. The largest absolute Gasteiger partial charge is 0.345 e. The summed E-state index contributed by atoms with van der Waals surface area (Å²) in [6, 6.07) is 0. The number of quaternary nitrogens is 1. The van der Waals surface area contributed by atoms with Gasteiger partial charge in [0.05, 0.1) is 27.7 Å². The van der Waals surface area contributed by atoms with Crippen LogP contribution < -0.4 is 0 Å². The van der Waals surface area contributed by atoms with Crippen LogP contribution in [0.5, 0.6) is 0 Å². The summed E-state index contributed by atoms with van der Waals surface area (Å²) in [6.07, 6.45) is 0. The third-order valence-electron chi connectivity index (χ3n) is 2.51. The lowest BCUT2D eigenvalue weighted by atomic mass is 10.4. The molecule has 15 heavy (non-hydrogen) atoms. The van der Waals surface area contributed by atoms with E-state index in [1.807, 2.05) is 7.05 Å². The molecule has 0 fully saturated rings. The first kappa shape index (κ1) is 14.4. The van der Waals surface area contributed by atoms with Crippen LogP contribution in [0.15, 0.2) is 0 Å². The fourth-order valence-electron chi connectivity index (χ4n) is 1.06. The van der Waals surface area contributed by atoms with E-state index in [9.17, 15) is 4.79 Å². The first-order valence-corrected chi connectivity index (χ1v) is 5.43. The Morgan fingerprint density at radius 2 is 1.60 bits per heavy atom. The summed E-state index contributed by atoms with van der Waals surface area (Å²) >= 11 is 0. The first-order chi connectivity index (χ1) is 6.72. The van der Waals surface area contributed by atoms with Crippen molar-refractivity contribution >= 4 is 5.91 Å². The van der Waals surface area contributed by atoms with Crippen molar-refractivity contribution in [2.24, 2.45) is 0 Å². The topological polar surface area (TPSA) is 23.6 Å². The standard InChI is InChI=1S/C11H26N3O/c1-11(15)13(3)8-7-12(2)9-10-14(4,5)6/h7-10H2,1-6H3/q+1. The van der Waals surface area contributed by atoms with Crippen LogP contribution >= 0.6 is 0 Å². The molecule has 0 atom stereocenters. The minimum Gasteiger partial charge on any atom is -0.345 e. The molecular formula is C11H26N3O+. The smallest absolute Gasteiger partial charge is 0.219 e. The molecule has 0 bridgehead atoms. The predicted octanol–water partition coefficient (Wildman–Crippen LogP) is 0.103. The molecule has 0 aliphatic heterocycles. The predicted molar refractivity (Wildman–Crippen MR) is 63.7 cm³/mol. The van der Waals surface area contributed by atoms with E-state index in [1.165, 1.54) is 0 Å². The van der Waals surface area contributed by atoms with Crippen LogP contribution in [0.3, 0.4) is 0 Å². The monoisotopic (exact) mass is 216 g/mol. The van der Waals surface area contributed by atoms with Gasteiger partial charge in [0.25, 0.3) is 0 Å². The minimum atomic E-state index is 0.134. The molecule has 4 nitrogen and oxygen atoms in total. The molecule has 0 unspecified atom stereocenters. The number of rotatable bonds is 6. The Labute approximate surface area is 94.0 Å². The van der Waals surface area contributed by atoms with E-state index in [2.05, 4.69) is 33.1 Å². The van der Waals surface area contributed by atoms with Crippen molar-refractivity contribution in [3.8, 4) is 0 Å². The van der Waals surface area contributed by atoms with Gasteiger partial charge < -0.3 is 9.38 Å². The van der Waals surface area contributed by atoms with E-state index in [0.717, 1.165) is 30.7 Å². The summed E-state index contributed by atoms with van der Waals surface area (Å²) in [5.41, 5.74) is 0. The molecule has 0 aliphatic rings. The summed E-state index contributed by atoms with van der Waals surface area (Å²) < 4.78 is 0.979. The third kappa shape index (κ3) is 8.39. The Bertz CT molecular complexity index is 198. The molecule has 0 spiro atoms. The molecule has 0 aromatic heterocycles. The van der Waals surface area contributed by atoms with Crippen LogP contribution in [0.2, 0.25) is 0 Å². The van der Waals surface area contributed by atoms with Gasteiger partial charge in [0, 0.05) is 33.6 Å². The minimum absolute atomic E-state index is 0.134. The van der Waals surface area contributed by atoms with Crippen LogP contribution in [0.1, 0.15) is 6.92 Å². The van der Waals surface area contributed by atoms with Crippen LogP contribution in [0.25, 0.3) is 0 Å². The van der Waals surface area contributed by atoms with Gasteiger partial charge in [-0.3, -0.25) is 9.69 Å². The van der Waals surface area contributed by atoms with E-state index in [-0.39, 0.29) is 5.91 Å². The van der Waals surface area contributed by atoms with Crippen molar-refractivity contribution < 1.29 is 9.28 Å². The van der Waals surface area contributed by atoms with Gasteiger partial charge in [-0.2, -0.15) is 0 Å². The Balaban J connectivity index is 3.66. The summed E-state index contributed by atoms with van der Waals surface area (Å²) in [6.45, 7) is 5.54. The Morgan fingerprint density at radius 1 is 1.07 bits per heavy atom. The number of hydrogen-bond acceptors (Lipinski definition) is 2. The molecule has 0 heterocycles. The second-order valence-corrected chi connectivity index (χ2v) is 5.26.